The Morgan fingerprint density at radius 2 is 2.00 bits per heavy atom. The first-order chi connectivity index (χ1) is 13.1. The Morgan fingerprint density at radius 3 is 2.70 bits per heavy atom. The lowest BCUT2D eigenvalue weighted by Crippen LogP contribution is -2.44. The molecule has 1 unspecified atom stereocenters. The van der Waals surface area contributed by atoms with E-state index >= 15 is 0 Å². The van der Waals surface area contributed by atoms with Gasteiger partial charge in [-0.25, -0.2) is 0 Å². The molecule has 4 rings (SSSR count). The summed E-state index contributed by atoms with van der Waals surface area (Å²) in [5.41, 5.74) is 2.36. The molecule has 7 nitrogen and oxygen atoms in total. The summed E-state index contributed by atoms with van der Waals surface area (Å²) < 4.78 is 7.17. The van der Waals surface area contributed by atoms with E-state index in [0.717, 1.165) is 24.9 Å². The van der Waals surface area contributed by atoms with Crippen LogP contribution in [0, 0.1) is 5.92 Å². The molecule has 1 aliphatic rings. The minimum Gasteiger partial charge on any atom is -0.387 e. The maximum Gasteiger partial charge on any atom is 0.180 e. The molecule has 7 heteroatoms. The zero-order valence-electron chi connectivity index (χ0n) is 15.2. The Labute approximate surface area is 157 Å². The number of hydrogen-bond acceptors (Lipinski definition) is 6. The number of nitrogens with zero attached hydrogens (tertiary/aromatic N) is 3. The van der Waals surface area contributed by atoms with Gasteiger partial charge in [0.05, 0.1) is 11.8 Å². The van der Waals surface area contributed by atoms with Crippen molar-refractivity contribution < 1.29 is 14.7 Å². The number of aromatic nitrogens is 3. The van der Waals surface area contributed by atoms with Crippen LogP contribution in [-0.2, 0) is 6.54 Å². The van der Waals surface area contributed by atoms with E-state index in [2.05, 4.69) is 15.6 Å². The molecular weight excluding hydrogens is 344 g/mol. The van der Waals surface area contributed by atoms with Crippen LogP contribution in [0.1, 0.15) is 43.6 Å². The molecule has 27 heavy (non-hydrogen) atoms. The topological polar surface area (TPSA) is 96.3 Å². The standard InChI is InChI=1S/C20H24N4O3/c1-13(25)17-7-8-24(22-17)12-14-9-16(10-14)21-20(26)19-11-18(23-27-19)15-5-3-2-4-6-15/h2-8,11,13-14,16,20-21,25-26H,9-10,12H2,1H3/t13-,14?,16?,20?/m0/s1. The second kappa shape index (κ2) is 7.64. The molecule has 0 radical (unpaired) electrons. The second-order valence-corrected chi connectivity index (χ2v) is 7.22. The summed E-state index contributed by atoms with van der Waals surface area (Å²) in [6.07, 6.45) is 2.41. The first-order valence-electron chi connectivity index (χ1n) is 9.26. The molecule has 1 aromatic carbocycles. The van der Waals surface area contributed by atoms with Gasteiger partial charge in [0, 0.05) is 30.4 Å². The molecule has 2 atom stereocenters. The molecule has 0 spiro atoms. The van der Waals surface area contributed by atoms with E-state index in [1.54, 1.807) is 13.0 Å². The summed E-state index contributed by atoms with van der Waals surface area (Å²) >= 11 is 0. The smallest absolute Gasteiger partial charge is 0.180 e. The highest BCUT2D eigenvalue weighted by molar-refractivity contribution is 5.58. The molecule has 3 aromatic rings. The average molecular weight is 368 g/mol. The van der Waals surface area contributed by atoms with Gasteiger partial charge >= 0.3 is 0 Å². The molecule has 0 amide bonds. The normalized spacial score (nSPS) is 21.6. The third-order valence-corrected chi connectivity index (χ3v) is 5.03. The highest BCUT2D eigenvalue weighted by Gasteiger charge is 2.32. The van der Waals surface area contributed by atoms with Crippen LogP contribution in [0.15, 0.2) is 53.2 Å². The van der Waals surface area contributed by atoms with Gasteiger partial charge in [0.15, 0.2) is 12.0 Å². The van der Waals surface area contributed by atoms with Crippen molar-refractivity contribution in [3.63, 3.8) is 0 Å². The zero-order valence-corrected chi connectivity index (χ0v) is 15.2. The SMILES string of the molecule is C[C@H](O)c1ccn(CC2CC(NC(O)c3cc(-c4ccccc4)no3)C2)n1. The van der Waals surface area contributed by atoms with Crippen LogP contribution >= 0.6 is 0 Å². The van der Waals surface area contributed by atoms with Gasteiger partial charge in [-0.1, -0.05) is 35.5 Å². The lowest BCUT2D eigenvalue weighted by atomic mass is 9.80. The van der Waals surface area contributed by atoms with Crippen molar-refractivity contribution >= 4 is 0 Å². The monoisotopic (exact) mass is 368 g/mol. The van der Waals surface area contributed by atoms with Crippen molar-refractivity contribution in [1.29, 1.82) is 0 Å². The van der Waals surface area contributed by atoms with Crippen molar-refractivity contribution in [1.82, 2.24) is 20.3 Å². The predicted octanol–water partition coefficient (Wildman–Crippen LogP) is 2.65. The highest BCUT2D eigenvalue weighted by Crippen LogP contribution is 2.31. The van der Waals surface area contributed by atoms with Crippen LogP contribution in [0.3, 0.4) is 0 Å². The number of benzene rings is 1. The number of hydrogen-bond donors (Lipinski definition) is 3. The Bertz CT molecular complexity index is 868. The third kappa shape index (κ3) is 4.10. The van der Waals surface area contributed by atoms with E-state index in [0.29, 0.717) is 23.1 Å². The van der Waals surface area contributed by atoms with Gasteiger partial charge in [0.2, 0.25) is 0 Å². The van der Waals surface area contributed by atoms with Crippen LogP contribution in [0.5, 0.6) is 0 Å². The van der Waals surface area contributed by atoms with Gasteiger partial charge in [-0.15, -0.1) is 0 Å². The van der Waals surface area contributed by atoms with E-state index in [-0.39, 0.29) is 6.04 Å². The van der Waals surface area contributed by atoms with Crippen LogP contribution in [-0.4, -0.2) is 31.2 Å². The molecule has 1 fully saturated rings. The third-order valence-electron chi connectivity index (χ3n) is 5.03. The van der Waals surface area contributed by atoms with Crippen LogP contribution in [0.25, 0.3) is 11.3 Å². The van der Waals surface area contributed by atoms with Gasteiger partial charge in [-0.2, -0.15) is 5.10 Å². The largest absolute Gasteiger partial charge is 0.387 e. The Kier molecular flexibility index (Phi) is 5.07. The van der Waals surface area contributed by atoms with Crippen molar-refractivity contribution in [2.24, 2.45) is 5.92 Å². The van der Waals surface area contributed by atoms with Gasteiger partial charge in [-0.3, -0.25) is 10.00 Å². The Morgan fingerprint density at radius 1 is 1.22 bits per heavy atom. The van der Waals surface area contributed by atoms with E-state index in [9.17, 15) is 10.2 Å². The van der Waals surface area contributed by atoms with Crippen molar-refractivity contribution in [2.45, 2.75) is 44.7 Å². The minimum atomic E-state index is -0.868. The summed E-state index contributed by atoms with van der Waals surface area (Å²) in [6, 6.07) is 13.6. The van der Waals surface area contributed by atoms with E-state index < -0.39 is 12.3 Å². The van der Waals surface area contributed by atoms with E-state index in [4.69, 9.17) is 4.52 Å². The van der Waals surface area contributed by atoms with E-state index in [1.165, 1.54) is 0 Å². The number of aliphatic hydroxyl groups is 2. The first-order valence-corrected chi connectivity index (χ1v) is 9.26. The molecule has 0 aliphatic heterocycles. The Balaban J connectivity index is 1.26. The van der Waals surface area contributed by atoms with Gasteiger partial charge < -0.3 is 14.7 Å². The first kappa shape index (κ1) is 17.9. The highest BCUT2D eigenvalue weighted by atomic mass is 16.5. The number of aliphatic hydroxyl groups excluding tert-OH is 2. The molecule has 0 saturated heterocycles. The maximum absolute atomic E-state index is 10.4. The average Bonchev–Trinajstić information content (AvgIpc) is 3.30. The Hall–Kier alpha value is -2.48. The molecule has 1 aliphatic carbocycles. The lowest BCUT2D eigenvalue weighted by Gasteiger charge is -2.36. The van der Waals surface area contributed by atoms with Crippen molar-refractivity contribution in [3.05, 3.63) is 60.1 Å². The van der Waals surface area contributed by atoms with Gasteiger partial charge in [0.1, 0.15) is 5.69 Å². The second-order valence-electron chi connectivity index (χ2n) is 7.22. The fourth-order valence-corrected chi connectivity index (χ4v) is 3.46. The molecule has 3 N–H and O–H groups in total. The van der Waals surface area contributed by atoms with Crippen LogP contribution < -0.4 is 5.32 Å². The van der Waals surface area contributed by atoms with Gasteiger partial charge in [-0.05, 0) is 31.7 Å². The zero-order chi connectivity index (χ0) is 18.8. The minimum absolute atomic E-state index is 0.238. The fraction of sp³-hybridized carbons (Fsp3) is 0.400. The summed E-state index contributed by atoms with van der Waals surface area (Å²) in [7, 11) is 0. The number of rotatable bonds is 7. The summed E-state index contributed by atoms with van der Waals surface area (Å²) in [5.74, 6) is 0.928. The van der Waals surface area contributed by atoms with Crippen LogP contribution in [0.4, 0.5) is 0 Å². The molecule has 2 heterocycles. The van der Waals surface area contributed by atoms with Crippen LogP contribution in [0.2, 0.25) is 0 Å². The fourth-order valence-electron chi connectivity index (χ4n) is 3.46. The predicted molar refractivity (Wildman–Crippen MR) is 99.4 cm³/mol. The van der Waals surface area contributed by atoms with Crippen molar-refractivity contribution in [3.8, 4) is 11.3 Å². The van der Waals surface area contributed by atoms with Crippen molar-refractivity contribution in [2.75, 3.05) is 0 Å². The quantitative estimate of drug-likeness (QED) is 0.555. The maximum atomic E-state index is 10.4. The van der Waals surface area contributed by atoms with E-state index in [1.807, 2.05) is 47.3 Å². The molecular formula is C20H24N4O3. The molecule has 0 bridgehead atoms. The summed E-state index contributed by atoms with van der Waals surface area (Å²) in [4.78, 5) is 0. The summed E-state index contributed by atoms with van der Waals surface area (Å²) in [6.45, 7) is 2.53. The number of nitrogens with one attached hydrogen (secondary N) is 1. The molecule has 142 valence electrons. The molecule has 1 saturated carbocycles. The summed E-state index contributed by atoms with van der Waals surface area (Å²) in [5, 5.41) is 31.5. The van der Waals surface area contributed by atoms with Gasteiger partial charge in [0.25, 0.3) is 0 Å². The lowest BCUT2D eigenvalue weighted by molar-refractivity contribution is 0.0586. The molecule has 2 aromatic heterocycles.